The van der Waals surface area contributed by atoms with E-state index in [-0.39, 0.29) is 22.9 Å². The first-order chi connectivity index (χ1) is 14.2. The summed E-state index contributed by atoms with van der Waals surface area (Å²) in [6.45, 7) is 8.84. The summed E-state index contributed by atoms with van der Waals surface area (Å²) in [5, 5.41) is 26.1. The average molecular weight is 405 g/mol. The van der Waals surface area contributed by atoms with Crippen molar-refractivity contribution in [2.75, 3.05) is 5.32 Å². The molecule has 0 amide bonds. The lowest BCUT2D eigenvalue weighted by Crippen LogP contribution is -2.60. The van der Waals surface area contributed by atoms with Crippen molar-refractivity contribution in [2.45, 2.75) is 57.7 Å². The van der Waals surface area contributed by atoms with Gasteiger partial charge < -0.3 is 15.7 Å². The Morgan fingerprint density at radius 2 is 1.77 bits per heavy atom. The molecule has 4 rings (SSSR count). The van der Waals surface area contributed by atoms with Gasteiger partial charge in [0.2, 0.25) is 5.95 Å². The van der Waals surface area contributed by atoms with Crippen LogP contribution >= 0.6 is 0 Å². The van der Waals surface area contributed by atoms with Crippen molar-refractivity contribution in [3.05, 3.63) is 48.9 Å². The van der Waals surface area contributed by atoms with E-state index in [0.717, 1.165) is 24.0 Å². The summed E-state index contributed by atoms with van der Waals surface area (Å²) >= 11 is 0. The summed E-state index contributed by atoms with van der Waals surface area (Å²) in [6.07, 6.45) is 7.07. The van der Waals surface area contributed by atoms with E-state index in [1.54, 1.807) is 24.7 Å². The van der Waals surface area contributed by atoms with E-state index in [2.05, 4.69) is 58.5 Å². The van der Waals surface area contributed by atoms with Gasteiger partial charge in [0.15, 0.2) is 0 Å². The molecule has 3 heterocycles. The number of rotatable bonds is 4. The van der Waals surface area contributed by atoms with Gasteiger partial charge in [-0.25, -0.2) is 4.98 Å². The van der Waals surface area contributed by atoms with Crippen molar-refractivity contribution < 1.29 is 5.11 Å². The van der Waals surface area contributed by atoms with Crippen LogP contribution in [0.25, 0.3) is 22.4 Å². The van der Waals surface area contributed by atoms with Crippen LogP contribution < -0.4 is 10.6 Å². The van der Waals surface area contributed by atoms with E-state index in [9.17, 15) is 5.11 Å². The standard InChI is InChI=1S/C23H28N6O/c1-22(2)11-17(12-23(3,4)29-22)26-21-25-14-19(27-28-21)18-8-7-15(10-20(18)30)16-6-5-9-24-13-16/h5-10,13-14,17,29-30H,11-12H2,1-4H3,(H,25,26,28). The van der Waals surface area contributed by atoms with Crippen LogP contribution in [0.2, 0.25) is 0 Å². The number of phenols is 1. The van der Waals surface area contributed by atoms with Gasteiger partial charge in [-0.1, -0.05) is 12.1 Å². The number of hydrogen-bond donors (Lipinski definition) is 3. The number of aromatic nitrogens is 4. The number of benzene rings is 1. The minimum Gasteiger partial charge on any atom is -0.507 e. The summed E-state index contributed by atoms with van der Waals surface area (Å²) in [5.41, 5.74) is 3.03. The summed E-state index contributed by atoms with van der Waals surface area (Å²) in [4.78, 5) is 8.56. The first-order valence-electron chi connectivity index (χ1n) is 10.2. The lowest BCUT2D eigenvalue weighted by Gasteiger charge is -2.46. The average Bonchev–Trinajstić information content (AvgIpc) is 2.67. The molecule has 1 aliphatic rings. The van der Waals surface area contributed by atoms with Crippen LogP contribution in [0.5, 0.6) is 5.75 Å². The molecular formula is C23H28N6O. The molecule has 30 heavy (non-hydrogen) atoms. The zero-order valence-electron chi connectivity index (χ0n) is 17.8. The number of anilines is 1. The maximum Gasteiger partial charge on any atom is 0.242 e. The number of nitrogens with one attached hydrogen (secondary N) is 2. The van der Waals surface area contributed by atoms with Crippen molar-refractivity contribution in [3.8, 4) is 28.1 Å². The molecule has 7 nitrogen and oxygen atoms in total. The monoisotopic (exact) mass is 404 g/mol. The number of aromatic hydroxyl groups is 1. The van der Waals surface area contributed by atoms with E-state index < -0.39 is 0 Å². The zero-order valence-corrected chi connectivity index (χ0v) is 17.8. The van der Waals surface area contributed by atoms with Gasteiger partial charge >= 0.3 is 0 Å². The first-order valence-corrected chi connectivity index (χ1v) is 10.2. The SMILES string of the molecule is CC1(C)CC(Nc2ncc(-c3ccc(-c4cccnc4)cc3O)nn2)CC(C)(C)N1. The minimum atomic E-state index is 0.0363. The topological polar surface area (TPSA) is 95.9 Å². The molecule has 0 aliphatic carbocycles. The van der Waals surface area contributed by atoms with E-state index in [4.69, 9.17) is 0 Å². The molecule has 1 aromatic carbocycles. The van der Waals surface area contributed by atoms with E-state index in [1.165, 1.54) is 0 Å². The maximum atomic E-state index is 10.5. The van der Waals surface area contributed by atoms with Gasteiger partial charge in [0.05, 0.1) is 6.20 Å². The van der Waals surface area contributed by atoms with Gasteiger partial charge in [0.1, 0.15) is 11.4 Å². The molecule has 0 radical (unpaired) electrons. The number of hydrogen-bond acceptors (Lipinski definition) is 7. The van der Waals surface area contributed by atoms with Gasteiger partial charge in [-0.05, 0) is 64.3 Å². The molecule has 0 bridgehead atoms. The maximum absolute atomic E-state index is 10.5. The normalized spacial score (nSPS) is 18.1. The lowest BCUT2D eigenvalue weighted by atomic mass is 9.80. The summed E-state index contributed by atoms with van der Waals surface area (Å²) in [6, 6.07) is 9.54. The van der Waals surface area contributed by atoms with E-state index >= 15 is 0 Å². The van der Waals surface area contributed by atoms with Crippen molar-refractivity contribution >= 4 is 5.95 Å². The predicted octanol–water partition coefficient (Wildman–Crippen LogP) is 4.03. The first kappa shape index (κ1) is 20.2. The van der Waals surface area contributed by atoms with Crippen LogP contribution in [-0.2, 0) is 0 Å². The third-order valence-electron chi connectivity index (χ3n) is 5.35. The molecule has 3 aromatic rings. The largest absolute Gasteiger partial charge is 0.507 e. The van der Waals surface area contributed by atoms with Crippen LogP contribution in [0.4, 0.5) is 5.95 Å². The second kappa shape index (κ2) is 7.65. The number of piperidine rings is 1. The third kappa shape index (κ3) is 4.57. The quantitative estimate of drug-likeness (QED) is 0.604. The third-order valence-corrected chi connectivity index (χ3v) is 5.35. The fraction of sp³-hybridized carbons (Fsp3) is 0.391. The van der Waals surface area contributed by atoms with Crippen molar-refractivity contribution in [1.82, 2.24) is 25.5 Å². The summed E-state index contributed by atoms with van der Waals surface area (Å²) in [5.74, 6) is 0.638. The summed E-state index contributed by atoms with van der Waals surface area (Å²) in [7, 11) is 0. The predicted molar refractivity (Wildman–Crippen MR) is 118 cm³/mol. The van der Waals surface area contributed by atoms with Gasteiger partial charge in [-0.2, -0.15) is 0 Å². The van der Waals surface area contributed by atoms with Crippen LogP contribution in [-0.4, -0.2) is 42.4 Å². The molecule has 7 heteroatoms. The van der Waals surface area contributed by atoms with Crippen LogP contribution in [0.1, 0.15) is 40.5 Å². The van der Waals surface area contributed by atoms with Crippen LogP contribution in [0.3, 0.4) is 0 Å². The Labute approximate surface area is 177 Å². The molecule has 2 aromatic heterocycles. The molecule has 1 saturated heterocycles. The van der Waals surface area contributed by atoms with Crippen molar-refractivity contribution in [1.29, 1.82) is 0 Å². The highest BCUT2D eigenvalue weighted by Gasteiger charge is 2.37. The van der Waals surface area contributed by atoms with Gasteiger partial charge in [-0.3, -0.25) is 4.98 Å². The number of phenolic OH excluding ortho intramolecular Hbond substituents is 1. The van der Waals surface area contributed by atoms with Crippen molar-refractivity contribution in [3.63, 3.8) is 0 Å². The highest BCUT2D eigenvalue weighted by atomic mass is 16.3. The van der Waals surface area contributed by atoms with Gasteiger partial charge in [0, 0.05) is 40.6 Å². The second-order valence-electron chi connectivity index (χ2n) is 9.28. The van der Waals surface area contributed by atoms with Crippen LogP contribution in [0.15, 0.2) is 48.9 Å². The molecule has 0 unspecified atom stereocenters. The summed E-state index contributed by atoms with van der Waals surface area (Å²) < 4.78 is 0. The highest BCUT2D eigenvalue weighted by Crippen LogP contribution is 2.32. The number of pyridine rings is 1. The van der Waals surface area contributed by atoms with E-state index in [1.807, 2.05) is 24.3 Å². The molecule has 0 atom stereocenters. The minimum absolute atomic E-state index is 0.0363. The van der Waals surface area contributed by atoms with Crippen LogP contribution in [0, 0.1) is 0 Å². The van der Waals surface area contributed by atoms with Crippen molar-refractivity contribution in [2.24, 2.45) is 0 Å². The Balaban J connectivity index is 1.50. The fourth-order valence-electron chi connectivity index (χ4n) is 4.53. The fourth-order valence-corrected chi connectivity index (χ4v) is 4.53. The van der Waals surface area contributed by atoms with E-state index in [0.29, 0.717) is 17.2 Å². The van der Waals surface area contributed by atoms with Gasteiger partial charge in [0.25, 0.3) is 0 Å². The molecule has 156 valence electrons. The molecular weight excluding hydrogens is 376 g/mol. The zero-order chi connectivity index (χ0) is 21.4. The highest BCUT2D eigenvalue weighted by molar-refractivity contribution is 5.73. The molecule has 0 spiro atoms. The Morgan fingerprint density at radius 3 is 2.37 bits per heavy atom. The lowest BCUT2D eigenvalue weighted by molar-refractivity contribution is 0.170. The Morgan fingerprint density at radius 1 is 1.00 bits per heavy atom. The Kier molecular flexibility index (Phi) is 5.15. The Bertz CT molecular complexity index is 1000. The van der Waals surface area contributed by atoms with Gasteiger partial charge in [-0.15, -0.1) is 10.2 Å². The number of nitrogens with zero attached hydrogens (tertiary/aromatic N) is 4. The smallest absolute Gasteiger partial charge is 0.242 e. The molecule has 1 aliphatic heterocycles. The molecule has 0 saturated carbocycles. The molecule has 3 N–H and O–H groups in total. The Hall–Kier alpha value is -3.06. The second-order valence-corrected chi connectivity index (χ2v) is 9.28. The molecule has 1 fully saturated rings.